The first kappa shape index (κ1) is 9.02. The zero-order chi connectivity index (χ0) is 9.84. The minimum absolute atomic E-state index is 0.0122. The normalized spacial score (nSPS) is 8.85. The van der Waals surface area contributed by atoms with Gasteiger partial charge in [-0.15, -0.1) is 0 Å². The summed E-state index contributed by atoms with van der Waals surface area (Å²) in [5, 5.41) is 16.9. The molecule has 0 aliphatic carbocycles. The maximum Gasteiger partial charge on any atom is 0.124 e. The Hall–Kier alpha value is -2.07. The maximum atomic E-state index is 12.8. The molecule has 0 saturated heterocycles. The highest BCUT2D eigenvalue weighted by Crippen LogP contribution is 2.19. The van der Waals surface area contributed by atoms with Crippen LogP contribution in [0.15, 0.2) is 12.1 Å². The van der Waals surface area contributed by atoms with Gasteiger partial charge in [0.05, 0.1) is 23.7 Å². The van der Waals surface area contributed by atoms with E-state index in [1.165, 1.54) is 6.07 Å². The molecular weight excluding hydrogens is 169 g/mol. The van der Waals surface area contributed by atoms with Crippen molar-refractivity contribution in [2.45, 2.75) is 6.42 Å². The molecule has 64 valence electrons. The average molecular weight is 175 g/mol. The Balaban J connectivity index is 3.31. The topological polar surface area (TPSA) is 73.6 Å². The number of halogens is 1. The SMILES string of the molecule is N#CCc1cc(F)cc(C#N)c1N. The van der Waals surface area contributed by atoms with E-state index < -0.39 is 5.82 Å². The summed E-state index contributed by atoms with van der Waals surface area (Å²) >= 11 is 0. The summed E-state index contributed by atoms with van der Waals surface area (Å²) in [6.07, 6.45) is 0.0122. The highest BCUT2D eigenvalue weighted by Gasteiger charge is 2.07. The summed E-state index contributed by atoms with van der Waals surface area (Å²) in [6.45, 7) is 0. The number of benzene rings is 1. The largest absolute Gasteiger partial charge is 0.397 e. The molecule has 0 fully saturated rings. The smallest absolute Gasteiger partial charge is 0.124 e. The first-order valence-electron chi connectivity index (χ1n) is 3.54. The van der Waals surface area contributed by atoms with Crippen LogP contribution < -0.4 is 5.73 Å². The van der Waals surface area contributed by atoms with Gasteiger partial charge in [0.25, 0.3) is 0 Å². The van der Waals surface area contributed by atoms with Crippen molar-refractivity contribution in [3.05, 3.63) is 29.1 Å². The molecule has 0 aliphatic rings. The second-order valence-corrected chi connectivity index (χ2v) is 2.47. The van der Waals surface area contributed by atoms with Gasteiger partial charge in [0.1, 0.15) is 11.9 Å². The van der Waals surface area contributed by atoms with Gasteiger partial charge < -0.3 is 5.73 Å². The van der Waals surface area contributed by atoms with Crippen LogP contribution in [-0.2, 0) is 6.42 Å². The first-order valence-corrected chi connectivity index (χ1v) is 3.54. The molecule has 3 nitrogen and oxygen atoms in total. The van der Waals surface area contributed by atoms with Gasteiger partial charge >= 0.3 is 0 Å². The number of nitrogen functional groups attached to an aromatic ring is 1. The lowest BCUT2D eigenvalue weighted by molar-refractivity contribution is 0.626. The minimum atomic E-state index is -0.545. The summed E-state index contributed by atoms with van der Waals surface area (Å²) < 4.78 is 12.8. The van der Waals surface area contributed by atoms with E-state index in [1.807, 2.05) is 6.07 Å². The van der Waals surface area contributed by atoms with Crippen molar-refractivity contribution in [3.8, 4) is 12.1 Å². The van der Waals surface area contributed by atoms with Crippen molar-refractivity contribution in [2.24, 2.45) is 0 Å². The molecule has 1 aromatic rings. The number of anilines is 1. The predicted molar refractivity (Wildman–Crippen MR) is 44.8 cm³/mol. The van der Waals surface area contributed by atoms with Gasteiger partial charge in [-0.1, -0.05) is 0 Å². The molecule has 4 heteroatoms. The second kappa shape index (κ2) is 3.55. The van der Waals surface area contributed by atoms with E-state index in [9.17, 15) is 4.39 Å². The van der Waals surface area contributed by atoms with E-state index in [1.54, 1.807) is 6.07 Å². The Kier molecular flexibility index (Phi) is 2.47. The number of nitrogens with zero attached hydrogens (tertiary/aromatic N) is 2. The molecule has 0 heterocycles. The van der Waals surface area contributed by atoms with E-state index >= 15 is 0 Å². The van der Waals surface area contributed by atoms with Crippen LogP contribution in [-0.4, -0.2) is 0 Å². The molecule has 0 aliphatic heterocycles. The number of hydrogen-bond donors (Lipinski definition) is 1. The maximum absolute atomic E-state index is 12.8. The van der Waals surface area contributed by atoms with E-state index in [0.717, 1.165) is 6.07 Å². The van der Waals surface area contributed by atoms with E-state index in [0.29, 0.717) is 5.56 Å². The predicted octanol–water partition coefficient (Wildman–Crippen LogP) is 1.35. The third kappa shape index (κ3) is 1.74. The van der Waals surface area contributed by atoms with E-state index in [4.69, 9.17) is 16.3 Å². The Morgan fingerprint density at radius 2 is 2.08 bits per heavy atom. The highest BCUT2D eigenvalue weighted by molar-refractivity contribution is 5.60. The summed E-state index contributed by atoms with van der Waals surface area (Å²) in [5.41, 5.74) is 6.13. The molecule has 0 saturated carbocycles. The number of hydrogen-bond acceptors (Lipinski definition) is 3. The Morgan fingerprint density at radius 1 is 1.38 bits per heavy atom. The van der Waals surface area contributed by atoms with Crippen molar-refractivity contribution in [1.29, 1.82) is 10.5 Å². The number of rotatable bonds is 1. The molecule has 13 heavy (non-hydrogen) atoms. The molecule has 0 unspecified atom stereocenters. The van der Waals surface area contributed by atoms with Crippen LogP contribution in [0.1, 0.15) is 11.1 Å². The average Bonchev–Trinajstić information content (AvgIpc) is 2.11. The molecule has 0 bridgehead atoms. The van der Waals surface area contributed by atoms with Crippen molar-refractivity contribution < 1.29 is 4.39 Å². The summed E-state index contributed by atoms with van der Waals surface area (Å²) in [5.74, 6) is -0.545. The monoisotopic (exact) mass is 175 g/mol. The van der Waals surface area contributed by atoms with Crippen LogP contribution in [0.5, 0.6) is 0 Å². The van der Waals surface area contributed by atoms with Crippen LogP contribution in [0.4, 0.5) is 10.1 Å². The van der Waals surface area contributed by atoms with Crippen molar-refractivity contribution in [3.63, 3.8) is 0 Å². The Labute approximate surface area is 74.8 Å². The molecule has 0 spiro atoms. The van der Waals surface area contributed by atoms with E-state index in [-0.39, 0.29) is 17.7 Å². The summed E-state index contributed by atoms with van der Waals surface area (Å²) in [7, 11) is 0. The molecule has 2 N–H and O–H groups in total. The summed E-state index contributed by atoms with van der Waals surface area (Å²) in [4.78, 5) is 0. The van der Waals surface area contributed by atoms with Gasteiger partial charge in [-0.05, 0) is 17.7 Å². The fourth-order valence-electron chi connectivity index (χ4n) is 0.998. The molecule has 1 rings (SSSR count). The van der Waals surface area contributed by atoms with E-state index in [2.05, 4.69) is 0 Å². The number of nitriles is 2. The van der Waals surface area contributed by atoms with Crippen LogP contribution in [0.25, 0.3) is 0 Å². The first-order chi connectivity index (χ1) is 6.19. The summed E-state index contributed by atoms with van der Waals surface area (Å²) in [6, 6.07) is 5.83. The lowest BCUT2D eigenvalue weighted by atomic mass is 10.1. The van der Waals surface area contributed by atoms with Crippen LogP contribution in [0, 0.1) is 28.5 Å². The fraction of sp³-hybridized carbons (Fsp3) is 0.111. The van der Waals surface area contributed by atoms with Crippen molar-refractivity contribution in [2.75, 3.05) is 5.73 Å². The van der Waals surface area contributed by atoms with Crippen LogP contribution in [0.3, 0.4) is 0 Å². The minimum Gasteiger partial charge on any atom is -0.397 e. The fourth-order valence-corrected chi connectivity index (χ4v) is 0.998. The second-order valence-electron chi connectivity index (χ2n) is 2.47. The lowest BCUT2D eigenvalue weighted by Gasteiger charge is -2.02. The molecule has 0 atom stereocenters. The van der Waals surface area contributed by atoms with Gasteiger partial charge in [-0.25, -0.2) is 4.39 Å². The van der Waals surface area contributed by atoms with Crippen molar-refractivity contribution in [1.82, 2.24) is 0 Å². The van der Waals surface area contributed by atoms with Gasteiger partial charge in [-0.2, -0.15) is 10.5 Å². The van der Waals surface area contributed by atoms with Gasteiger partial charge in [0, 0.05) is 0 Å². The number of nitrogens with two attached hydrogens (primary N) is 1. The zero-order valence-electron chi connectivity index (χ0n) is 6.71. The Bertz CT molecular complexity index is 412. The van der Waals surface area contributed by atoms with Crippen LogP contribution in [0.2, 0.25) is 0 Å². The molecule has 1 aromatic carbocycles. The highest BCUT2D eigenvalue weighted by atomic mass is 19.1. The Morgan fingerprint density at radius 3 is 2.62 bits per heavy atom. The zero-order valence-corrected chi connectivity index (χ0v) is 6.71. The standard InChI is InChI=1S/C9H6FN3/c10-8-3-6(1-2-11)9(13)7(4-8)5-12/h3-4H,1,13H2. The molecule has 0 amide bonds. The molecule has 0 radical (unpaired) electrons. The van der Waals surface area contributed by atoms with Crippen molar-refractivity contribution >= 4 is 5.69 Å². The quantitative estimate of drug-likeness (QED) is 0.654. The van der Waals surface area contributed by atoms with Gasteiger partial charge in [0.15, 0.2) is 0 Å². The van der Waals surface area contributed by atoms with Crippen LogP contribution >= 0.6 is 0 Å². The third-order valence-electron chi connectivity index (χ3n) is 1.62. The van der Waals surface area contributed by atoms with Gasteiger partial charge in [-0.3, -0.25) is 0 Å². The lowest BCUT2D eigenvalue weighted by Crippen LogP contribution is -1.98. The third-order valence-corrected chi connectivity index (χ3v) is 1.62. The molecular formula is C9H6FN3. The molecule has 0 aromatic heterocycles. The van der Waals surface area contributed by atoms with Gasteiger partial charge in [0.2, 0.25) is 0 Å².